The largest absolute Gasteiger partial charge is 0.497 e. The highest BCUT2D eigenvalue weighted by molar-refractivity contribution is 6.09. The lowest BCUT2D eigenvalue weighted by Crippen LogP contribution is -2.18. The zero-order valence-electron chi connectivity index (χ0n) is 19.1. The van der Waals surface area contributed by atoms with E-state index in [0.29, 0.717) is 12.2 Å². The summed E-state index contributed by atoms with van der Waals surface area (Å²) in [4.78, 5) is 14.8. The zero-order chi connectivity index (χ0) is 23.3. The third kappa shape index (κ3) is 5.25. The van der Waals surface area contributed by atoms with Gasteiger partial charge in [-0.1, -0.05) is 0 Å². The number of ether oxygens (including phenoxy) is 1. The van der Waals surface area contributed by atoms with Crippen molar-refractivity contribution in [1.82, 2.24) is 19.2 Å². The number of carbonyl (C=O) groups is 1. The molecule has 0 saturated carbocycles. The Bertz CT molecular complexity index is 1160. The van der Waals surface area contributed by atoms with Crippen LogP contribution < -0.4 is 10.1 Å². The van der Waals surface area contributed by atoms with Crippen molar-refractivity contribution in [2.45, 2.75) is 20.4 Å². The van der Waals surface area contributed by atoms with Crippen molar-refractivity contribution in [3.05, 3.63) is 65.2 Å². The fourth-order valence-electron chi connectivity index (χ4n) is 3.42. The van der Waals surface area contributed by atoms with Crippen molar-refractivity contribution in [3.63, 3.8) is 0 Å². The fraction of sp³-hybridized carbons (Fsp3) is 0.292. The molecule has 166 valence electrons. The molecule has 0 bridgehead atoms. The Kier molecular flexibility index (Phi) is 7.13. The van der Waals surface area contributed by atoms with E-state index in [2.05, 4.69) is 19.9 Å². The highest BCUT2D eigenvalue weighted by Crippen LogP contribution is 2.24. The smallest absolute Gasteiger partial charge is 0.266 e. The average Bonchev–Trinajstić information content (AvgIpc) is 3.33. The van der Waals surface area contributed by atoms with Gasteiger partial charge >= 0.3 is 0 Å². The van der Waals surface area contributed by atoms with E-state index in [1.54, 1.807) is 30.3 Å². The van der Waals surface area contributed by atoms with Crippen molar-refractivity contribution >= 4 is 17.7 Å². The van der Waals surface area contributed by atoms with Crippen molar-refractivity contribution < 1.29 is 9.53 Å². The van der Waals surface area contributed by atoms with Gasteiger partial charge in [-0.05, 0) is 69.9 Å². The van der Waals surface area contributed by atoms with E-state index in [-0.39, 0.29) is 5.57 Å². The number of likely N-dealkylation sites (N-methyl/N-ethyl adjacent to an activating group) is 1. The number of hydrogen-bond acceptors (Lipinski definition) is 5. The Labute approximate surface area is 188 Å². The molecular formula is C24H28N6O2. The van der Waals surface area contributed by atoms with E-state index in [1.807, 2.05) is 64.3 Å². The molecule has 3 rings (SSSR count). The molecule has 1 N–H and O–H groups in total. The standard InChI is InChI=1S/C24H28N6O2/c1-17-12-19(18(2)30(17)22-6-8-23(32-5)9-7-22)13-20(14-25)24(31)27-21-15-26-29(16-21)11-10-28(3)4/h6-9,12-13,15-16H,10-11H2,1-5H3,(H,27,31). The molecule has 8 heteroatoms. The highest BCUT2D eigenvalue weighted by Gasteiger charge is 2.15. The van der Waals surface area contributed by atoms with Gasteiger partial charge in [-0.3, -0.25) is 9.48 Å². The molecule has 32 heavy (non-hydrogen) atoms. The van der Waals surface area contributed by atoms with Crippen LogP contribution in [-0.2, 0) is 11.3 Å². The number of nitrogens with zero attached hydrogens (tertiary/aromatic N) is 5. The maximum Gasteiger partial charge on any atom is 0.266 e. The lowest BCUT2D eigenvalue weighted by atomic mass is 10.1. The van der Waals surface area contributed by atoms with Crippen molar-refractivity contribution in [1.29, 1.82) is 5.26 Å². The summed E-state index contributed by atoms with van der Waals surface area (Å²) in [5.74, 6) is 0.318. The summed E-state index contributed by atoms with van der Waals surface area (Å²) in [6.07, 6.45) is 4.96. The summed E-state index contributed by atoms with van der Waals surface area (Å²) in [5, 5.41) is 16.6. The number of amides is 1. The van der Waals surface area contributed by atoms with Gasteiger partial charge in [-0.25, -0.2) is 0 Å². The second-order valence-electron chi connectivity index (χ2n) is 7.78. The van der Waals surface area contributed by atoms with Gasteiger partial charge in [0.2, 0.25) is 0 Å². The summed E-state index contributed by atoms with van der Waals surface area (Å²) in [6, 6.07) is 11.7. The monoisotopic (exact) mass is 432 g/mol. The molecule has 0 fully saturated rings. The number of aromatic nitrogens is 3. The Morgan fingerprint density at radius 1 is 1.28 bits per heavy atom. The first-order valence-corrected chi connectivity index (χ1v) is 10.3. The topological polar surface area (TPSA) is 88.1 Å². The van der Waals surface area contributed by atoms with E-state index in [9.17, 15) is 10.1 Å². The minimum atomic E-state index is -0.464. The molecule has 2 aromatic heterocycles. The molecule has 1 amide bonds. The number of hydrogen-bond donors (Lipinski definition) is 1. The summed E-state index contributed by atoms with van der Waals surface area (Å²) < 4.78 is 9.07. The van der Waals surface area contributed by atoms with Crippen LogP contribution in [0.3, 0.4) is 0 Å². The molecule has 0 radical (unpaired) electrons. The van der Waals surface area contributed by atoms with E-state index < -0.39 is 5.91 Å². The molecule has 0 aliphatic carbocycles. The van der Waals surface area contributed by atoms with Gasteiger partial charge in [0, 0.05) is 29.8 Å². The average molecular weight is 433 g/mol. The molecule has 1 aromatic carbocycles. The molecule has 0 unspecified atom stereocenters. The van der Waals surface area contributed by atoms with Gasteiger partial charge in [0.05, 0.1) is 25.5 Å². The first-order valence-electron chi connectivity index (χ1n) is 10.3. The second kappa shape index (κ2) is 9.98. The number of anilines is 1. The minimum Gasteiger partial charge on any atom is -0.497 e. The van der Waals surface area contributed by atoms with Crippen LogP contribution in [0.2, 0.25) is 0 Å². The van der Waals surface area contributed by atoms with Crippen LogP contribution in [0.4, 0.5) is 5.69 Å². The predicted molar refractivity (Wildman–Crippen MR) is 125 cm³/mol. The number of nitriles is 1. The summed E-state index contributed by atoms with van der Waals surface area (Å²) >= 11 is 0. The van der Waals surface area contributed by atoms with Gasteiger partial charge in [-0.15, -0.1) is 0 Å². The maximum absolute atomic E-state index is 12.7. The van der Waals surface area contributed by atoms with E-state index in [0.717, 1.165) is 34.9 Å². The maximum atomic E-state index is 12.7. The third-order valence-electron chi connectivity index (χ3n) is 5.13. The predicted octanol–water partition coefficient (Wildman–Crippen LogP) is 3.41. The van der Waals surface area contributed by atoms with Crippen molar-refractivity contribution in [2.24, 2.45) is 0 Å². The molecule has 8 nitrogen and oxygen atoms in total. The van der Waals surface area contributed by atoms with E-state index in [4.69, 9.17) is 4.74 Å². The number of methoxy groups -OCH3 is 1. The van der Waals surface area contributed by atoms with Crippen LogP contribution in [0.1, 0.15) is 17.0 Å². The number of aryl methyl sites for hydroxylation is 1. The molecule has 2 heterocycles. The Morgan fingerprint density at radius 3 is 2.62 bits per heavy atom. The number of rotatable bonds is 8. The summed E-state index contributed by atoms with van der Waals surface area (Å²) in [6.45, 7) is 5.50. The molecule has 0 saturated heterocycles. The zero-order valence-corrected chi connectivity index (χ0v) is 19.1. The summed E-state index contributed by atoms with van der Waals surface area (Å²) in [7, 11) is 5.61. The number of carbonyl (C=O) groups excluding carboxylic acids is 1. The number of nitrogens with one attached hydrogen (secondary N) is 1. The first kappa shape index (κ1) is 22.8. The molecule has 3 aromatic rings. The van der Waals surface area contributed by atoms with Crippen LogP contribution in [0.5, 0.6) is 5.75 Å². The van der Waals surface area contributed by atoms with Crippen LogP contribution in [-0.4, -0.2) is 52.9 Å². The van der Waals surface area contributed by atoms with Crippen molar-refractivity contribution in [3.8, 4) is 17.5 Å². The van der Waals surface area contributed by atoms with Crippen LogP contribution >= 0.6 is 0 Å². The molecule has 0 aliphatic heterocycles. The van der Waals surface area contributed by atoms with Gasteiger partial charge < -0.3 is 19.5 Å². The first-order chi connectivity index (χ1) is 15.3. The Morgan fingerprint density at radius 2 is 2.00 bits per heavy atom. The minimum absolute atomic E-state index is 0.0287. The molecule has 0 aliphatic rings. The molecular weight excluding hydrogens is 404 g/mol. The Balaban J connectivity index is 1.80. The summed E-state index contributed by atoms with van der Waals surface area (Å²) in [5.41, 5.74) is 4.31. The van der Waals surface area contributed by atoms with Gasteiger partial charge in [0.25, 0.3) is 5.91 Å². The Hall–Kier alpha value is -3.83. The quantitative estimate of drug-likeness (QED) is 0.435. The second-order valence-corrected chi connectivity index (χ2v) is 7.78. The van der Waals surface area contributed by atoms with E-state index >= 15 is 0 Å². The van der Waals surface area contributed by atoms with E-state index in [1.165, 1.54) is 0 Å². The van der Waals surface area contributed by atoms with Gasteiger partial charge in [0.1, 0.15) is 17.4 Å². The molecule has 0 spiro atoms. The third-order valence-corrected chi connectivity index (χ3v) is 5.13. The van der Waals surface area contributed by atoms with Crippen LogP contribution in [0.25, 0.3) is 11.8 Å². The molecule has 0 atom stereocenters. The SMILES string of the molecule is COc1ccc(-n2c(C)cc(C=C(C#N)C(=O)Nc3cnn(CCN(C)C)c3)c2C)cc1. The lowest BCUT2D eigenvalue weighted by molar-refractivity contribution is -0.112. The fourth-order valence-corrected chi connectivity index (χ4v) is 3.42. The van der Waals surface area contributed by atoms with Gasteiger partial charge in [0.15, 0.2) is 0 Å². The van der Waals surface area contributed by atoms with Gasteiger partial charge in [-0.2, -0.15) is 10.4 Å². The van der Waals surface area contributed by atoms with Crippen LogP contribution in [0.15, 0.2) is 48.3 Å². The van der Waals surface area contributed by atoms with Crippen LogP contribution in [0, 0.1) is 25.2 Å². The highest BCUT2D eigenvalue weighted by atomic mass is 16.5. The van der Waals surface area contributed by atoms with Crippen molar-refractivity contribution in [2.75, 3.05) is 33.1 Å². The lowest BCUT2D eigenvalue weighted by Gasteiger charge is -2.10. The number of benzene rings is 1. The normalized spacial score (nSPS) is 11.5.